The van der Waals surface area contributed by atoms with E-state index in [9.17, 15) is 0 Å². The molecule has 2 aliphatic rings. The molecule has 0 saturated carbocycles. The summed E-state index contributed by atoms with van der Waals surface area (Å²) in [5.74, 6) is 0. The second kappa shape index (κ2) is 4.76. The monoisotopic (exact) mass is 283 g/mol. The molecule has 0 spiro atoms. The van der Waals surface area contributed by atoms with Gasteiger partial charge in [-0.15, -0.1) is 0 Å². The molecule has 2 N–H and O–H groups in total. The predicted octanol–water partition coefficient (Wildman–Crippen LogP) is 2.07. The maximum absolute atomic E-state index is 6.46. The summed E-state index contributed by atoms with van der Waals surface area (Å²) in [6, 6.07) is 0. The minimum atomic E-state index is 0.0609. The van der Waals surface area contributed by atoms with Crippen molar-refractivity contribution in [2.75, 3.05) is 6.54 Å². The number of hydrogen-bond acceptors (Lipinski definition) is 3. The molecule has 106 valence electrons. The summed E-state index contributed by atoms with van der Waals surface area (Å²) < 4.78 is 7.93. The number of hydrogen-bond donors (Lipinski definition) is 1. The van der Waals surface area contributed by atoms with Gasteiger partial charge in [-0.2, -0.15) is 5.10 Å². The lowest BCUT2D eigenvalue weighted by Crippen LogP contribution is -2.42. The van der Waals surface area contributed by atoms with Crippen LogP contribution in [0.25, 0.3) is 0 Å². The number of aromatic nitrogens is 2. The van der Waals surface area contributed by atoms with Crippen molar-refractivity contribution >= 4 is 11.6 Å². The van der Waals surface area contributed by atoms with Crippen molar-refractivity contribution in [3.63, 3.8) is 0 Å². The zero-order valence-corrected chi connectivity index (χ0v) is 12.4. The van der Waals surface area contributed by atoms with Crippen molar-refractivity contribution < 1.29 is 4.74 Å². The number of nitrogens with two attached hydrogens (primary N) is 1. The van der Waals surface area contributed by atoms with Gasteiger partial charge in [0.05, 0.1) is 28.6 Å². The van der Waals surface area contributed by atoms with Gasteiger partial charge in [0.25, 0.3) is 0 Å². The highest BCUT2D eigenvalue weighted by molar-refractivity contribution is 6.31. The van der Waals surface area contributed by atoms with Crippen LogP contribution in [-0.4, -0.2) is 28.5 Å². The highest BCUT2D eigenvalue weighted by Crippen LogP contribution is 2.49. The van der Waals surface area contributed by atoms with Gasteiger partial charge in [-0.1, -0.05) is 18.5 Å². The van der Waals surface area contributed by atoms with E-state index < -0.39 is 0 Å². The van der Waals surface area contributed by atoms with E-state index in [-0.39, 0.29) is 5.41 Å². The van der Waals surface area contributed by atoms with E-state index in [1.54, 1.807) is 0 Å². The van der Waals surface area contributed by atoms with Crippen molar-refractivity contribution in [3.05, 3.63) is 16.4 Å². The Kier molecular flexibility index (Phi) is 3.36. The standard InChI is InChI=1S/C14H22ClN3O/c1-3-10-13(15)11(18(2)17-10)7-14(8-16)6-9-4-5-12(14)19-9/h9,12H,3-8,16H2,1-2H3. The van der Waals surface area contributed by atoms with Crippen molar-refractivity contribution in [2.24, 2.45) is 18.2 Å². The van der Waals surface area contributed by atoms with E-state index >= 15 is 0 Å². The largest absolute Gasteiger partial charge is 0.374 e. The van der Waals surface area contributed by atoms with Crippen LogP contribution < -0.4 is 5.73 Å². The molecule has 4 nitrogen and oxygen atoms in total. The molecular formula is C14H22ClN3O. The first-order valence-corrected chi connectivity index (χ1v) is 7.53. The number of fused-ring (bicyclic) bond motifs is 2. The Labute approximate surface area is 119 Å². The van der Waals surface area contributed by atoms with Crippen molar-refractivity contribution in [1.29, 1.82) is 0 Å². The van der Waals surface area contributed by atoms with E-state index in [0.29, 0.717) is 18.8 Å². The molecule has 2 saturated heterocycles. The Morgan fingerprint density at radius 2 is 2.32 bits per heavy atom. The Balaban J connectivity index is 1.90. The Morgan fingerprint density at radius 3 is 2.79 bits per heavy atom. The quantitative estimate of drug-likeness (QED) is 0.920. The second-order valence-corrected chi connectivity index (χ2v) is 6.33. The molecular weight excluding hydrogens is 262 g/mol. The van der Waals surface area contributed by atoms with Gasteiger partial charge >= 0.3 is 0 Å². The molecule has 0 aromatic carbocycles. The summed E-state index contributed by atoms with van der Waals surface area (Å²) >= 11 is 6.46. The number of nitrogens with zero attached hydrogens (tertiary/aromatic N) is 2. The van der Waals surface area contributed by atoms with Gasteiger partial charge in [0.15, 0.2) is 0 Å². The predicted molar refractivity (Wildman–Crippen MR) is 75.3 cm³/mol. The van der Waals surface area contributed by atoms with E-state index in [1.807, 2.05) is 11.7 Å². The van der Waals surface area contributed by atoms with Crippen LogP contribution in [0.2, 0.25) is 5.02 Å². The van der Waals surface area contributed by atoms with Gasteiger partial charge in [-0.05, 0) is 25.7 Å². The van der Waals surface area contributed by atoms with Crippen LogP contribution in [0.15, 0.2) is 0 Å². The number of ether oxygens (including phenoxy) is 1. The maximum Gasteiger partial charge on any atom is 0.0849 e. The van der Waals surface area contributed by atoms with E-state index in [1.165, 1.54) is 6.42 Å². The van der Waals surface area contributed by atoms with Crippen LogP contribution in [0.1, 0.15) is 37.6 Å². The first-order chi connectivity index (χ1) is 9.09. The molecule has 3 heterocycles. The van der Waals surface area contributed by atoms with E-state index in [2.05, 4.69) is 12.0 Å². The van der Waals surface area contributed by atoms with E-state index in [0.717, 1.165) is 42.1 Å². The molecule has 3 unspecified atom stereocenters. The average molecular weight is 284 g/mol. The van der Waals surface area contributed by atoms with Crippen LogP contribution in [0.3, 0.4) is 0 Å². The maximum atomic E-state index is 6.46. The normalized spacial score (nSPS) is 33.3. The average Bonchev–Trinajstić information content (AvgIpc) is 3.07. The Bertz CT molecular complexity index is 487. The third kappa shape index (κ3) is 2.01. The van der Waals surface area contributed by atoms with Gasteiger partial charge in [0.2, 0.25) is 0 Å². The Morgan fingerprint density at radius 1 is 1.53 bits per heavy atom. The van der Waals surface area contributed by atoms with Gasteiger partial charge in [-0.25, -0.2) is 0 Å². The minimum absolute atomic E-state index is 0.0609. The lowest BCUT2D eigenvalue weighted by atomic mass is 9.71. The number of halogens is 1. The highest BCUT2D eigenvalue weighted by atomic mass is 35.5. The first kappa shape index (κ1) is 13.4. The molecule has 0 aliphatic carbocycles. The molecule has 2 bridgehead atoms. The molecule has 1 aromatic heterocycles. The summed E-state index contributed by atoms with van der Waals surface area (Å²) in [5, 5.41) is 5.32. The topological polar surface area (TPSA) is 53.1 Å². The molecule has 0 radical (unpaired) electrons. The minimum Gasteiger partial charge on any atom is -0.374 e. The molecule has 5 heteroatoms. The first-order valence-electron chi connectivity index (χ1n) is 7.15. The zero-order valence-electron chi connectivity index (χ0n) is 11.7. The van der Waals surface area contributed by atoms with Crippen molar-refractivity contribution in [1.82, 2.24) is 9.78 Å². The van der Waals surface area contributed by atoms with E-state index in [4.69, 9.17) is 22.1 Å². The summed E-state index contributed by atoms with van der Waals surface area (Å²) in [6.45, 7) is 2.74. The second-order valence-electron chi connectivity index (χ2n) is 5.96. The molecule has 1 aromatic rings. The van der Waals surface area contributed by atoms with Crippen LogP contribution in [0.5, 0.6) is 0 Å². The Hall–Kier alpha value is -0.580. The zero-order chi connectivity index (χ0) is 13.6. The van der Waals surface area contributed by atoms with Gasteiger partial charge < -0.3 is 10.5 Å². The van der Waals surface area contributed by atoms with Crippen molar-refractivity contribution in [3.8, 4) is 0 Å². The van der Waals surface area contributed by atoms with Crippen LogP contribution in [0.4, 0.5) is 0 Å². The molecule has 2 fully saturated rings. The van der Waals surface area contributed by atoms with Crippen LogP contribution >= 0.6 is 11.6 Å². The van der Waals surface area contributed by atoms with Crippen molar-refractivity contribution in [2.45, 2.75) is 51.2 Å². The lowest BCUT2D eigenvalue weighted by molar-refractivity contribution is 0.0629. The number of aryl methyl sites for hydroxylation is 2. The molecule has 3 atom stereocenters. The molecule has 3 rings (SSSR count). The highest BCUT2D eigenvalue weighted by Gasteiger charge is 2.52. The fraction of sp³-hybridized carbons (Fsp3) is 0.786. The summed E-state index contributed by atoms with van der Waals surface area (Å²) in [7, 11) is 1.97. The number of rotatable bonds is 4. The summed E-state index contributed by atoms with van der Waals surface area (Å²) in [4.78, 5) is 0. The molecule has 19 heavy (non-hydrogen) atoms. The van der Waals surface area contributed by atoms with Crippen LogP contribution in [0, 0.1) is 5.41 Å². The third-order valence-corrected chi connectivity index (χ3v) is 5.29. The SMILES string of the molecule is CCc1nn(C)c(CC2(CN)CC3CCC2O3)c1Cl. The third-order valence-electron chi connectivity index (χ3n) is 4.85. The van der Waals surface area contributed by atoms with Gasteiger partial charge in [0.1, 0.15) is 0 Å². The summed E-state index contributed by atoms with van der Waals surface area (Å²) in [5.41, 5.74) is 8.24. The lowest BCUT2D eigenvalue weighted by Gasteiger charge is -2.34. The van der Waals surface area contributed by atoms with Gasteiger partial charge in [0, 0.05) is 25.4 Å². The molecule has 0 amide bonds. The van der Waals surface area contributed by atoms with Gasteiger partial charge in [-0.3, -0.25) is 4.68 Å². The van der Waals surface area contributed by atoms with Crippen LogP contribution in [-0.2, 0) is 24.6 Å². The smallest absolute Gasteiger partial charge is 0.0849 e. The molecule has 2 aliphatic heterocycles. The fourth-order valence-electron chi connectivity index (χ4n) is 3.71. The fourth-order valence-corrected chi connectivity index (χ4v) is 4.07. The summed E-state index contributed by atoms with van der Waals surface area (Å²) in [6.07, 6.45) is 5.85.